The Morgan fingerprint density at radius 3 is 2.60 bits per heavy atom. The van der Waals surface area contributed by atoms with Crippen molar-refractivity contribution in [1.29, 1.82) is 0 Å². The zero-order valence-electron chi connectivity index (χ0n) is 10.2. The third-order valence-corrected chi connectivity index (χ3v) is 3.50. The Morgan fingerprint density at radius 2 is 2.13 bits per heavy atom. The van der Waals surface area contributed by atoms with Crippen molar-refractivity contribution >= 4 is 8.32 Å². The van der Waals surface area contributed by atoms with Crippen molar-refractivity contribution < 1.29 is 9.53 Å². The molecule has 0 unspecified atom stereocenters. The van der Waals surface area contributed by atoms with Crippen LogP contribution in [0.4, 0.5) is 0 Å². The minimum atomic E-state index is -1.58. The van der Waals surface area contributed by atoms with Gasteiger partial charge in [0.15, 0.2) is 0 Å². The normalized spacial score (nSPS) is 32.1. The maximum Gasteiger partial charge on any atom is 0.241 e. The Kier molecular flexibility index (Phi) is 3.79. The van der Waals surface area contributed by atoms with Crippen molar-refractivity contribution in [2.24, 2.45) is 11.8 Å². The molecule has 1 rings (SSSR count). The Labute approximate surface area is 93.8 Å². The second-order valence-corrected chi connectivity index (χ2v) is 9.71. The molecule has 0 spiro atoms. The van der Waals surface area contributed by atoms with Crippen molar-refractivity contribution in [2.75, 3.05) is 0 Å². The number of aliphatic hydroxyl groups is 1. The second-order valence-electron chi connectivity index (χ2n) is 5.29. The molecule has 0 saturated heterocycles. The molecule has 1 aliphatic carbocycles. The van der Waals surface area contributed by atoms with E-state index in [1.165, 1.54) is 0 Å². The van der Waals surface area contributed by atoms with Crippen LogP contribution in [0.1, 0.15) is 13.3 Å². The average molecular weight is 226 g/mol. The second kappa shape index (κ2) is 4.54. The molecule has 1 aliphatic rings. The molecule has 0 aromatic carbocycles. The number of rotatable bonds is 3. The first-order chi connectivity index (χ1) is 6.85. The van der Waals surface area contributed by atoms with E-state index < -0.39 is 8.32 Å². The first-order valence-electron chi connectivity index (χ1n) is 5.55. The monoisotopic (exact) mass is 226 g/mol. The standard InChI is InChI=1S/C12H22O2Si/c1-6-10-11(14-15(3,4)5)8-7-9(2)12(10)13/h6,8-10,12-13H,1,7H2,2-5H3/t9-,10+,12+/m0/s1. The topological polar surface area (TPSA) is 29.5 Å². The van der Waals surface area contributed by atoms with Crippen LogP contribution in [0.2, 0.25) is 19.6 Å². The van der Waals surface area contributed by atoms with E-state index in [9.17, 15) is 5.11 Å². The summed E-state index contributed by atoms with van der Waals surface area (Å²) >= 11 is 0. The van der Waals surface area contributed by atoms with E-state index in [0.717, 1.165) is 12.2 Å². The fourth-order valence-corrected chi connectivity index (χ4v) is 2.75. The van der Waals surface area contributed by atoms with Gasteiger partial charge in [-0.15, -0.1) is 6.58 Å². The molecule has 3 atom stereocenters. The van der Waals surface area contributed by atoms with Crippen LogP contribution in [-0.2, 0) is 4.43 Å². The highest BCUT2D eigenvalue weighted by atomic mass is 28.4. The van der Waals surface area contributed by atoms with Crippen molar-refractivity contribution in [1.82, 2.24) is 0 Å². The number of allylic oxidation sites excluding steroid dienone is 1. The van der Waals surface area contributed by atoms with E-state index >= 15 is 0 Å². The number of aliphatic hydroxyl groups excluding tert-OH is 1. The van der Waals surface area contributed by atoms with Gasteiger partial charge in [-0.25, -0.2) is 0 Å². The van der Waals surface area contributed by atoms with Crippen LogP contribution in [0.15, 0.2) is 24.5 Å². The summed E-state index contributed by atoms with van der Waals surface area (Å²) in [6.07, 6.45) is 4.46. The third kappa shape index (κ3) is 3.21. The molecule has 0 aromatic rings. The highest BCUT2D eigenvalue weighted by Gasteiger charge is 2.32. The largest absolute Gasteiger partial charge is 0.547 e. The van der Waals surface area contributed by atoms with Gasteiger partial charge in [0, 0.05) is 0 Å². The van der Waals surface area contributed by atoms with Crippen molar-refractivity contribution in [3.63, 3.8) is 0 Å². The molecule has 0 radical (unpaired) electrons. The summed E-state index contributed by atoms with van der Waals surface area (Å²) in [7, 11) is -1.58. The molecule has 0 bridgehead atoms. The zero-order valence-corrected chi connectivity index (χ0v) is 11.2. The fourth-order valence-electron chi connectivity index (χ4n) is 1.82. The van der Waals surface area contributed by atoms with Crippen LogP contribution in [0.3, 0.4) is 0 Å². The number of hydrogen-bond donors (Lipinski definition) is 1. The van der Waals surface area contributed by atoms with Gasteiger partial charge in [0.2, 0.25) is 8.32 Å². The van der Waals surface area contributed by atoms with Crippen molar-refractivity contribution in [3.05, 3.63) is 24.5 Å². The molecule has 0 amide bonds. The van der Waals surface area contributed by atoms with Gasteiger partial charge in [-0.2, -0.15) is 0 Å². The molecule has 0 fully saturated rings. The summed E-state index contributed by atoms with van der Waals surface area (Å²) in [5, 5.41) is 10.0. The SMILES string of the molecule is C=C[C@@H]1C(O[Si](C)(C)C)=CC[C@H](C)[C@H]1O. The third-order valence-electron chi connectivity index (χ3n) is 2.65. The van der Waals surface area contributed by atoms with E-state index in [1.54, 1.807) is 6.08 Å². The molecule has 2 nitrogen and oxygen atoms in total. The summed E-state index contributed by atoms with van der Waals surface area (Å²) in [6, 6.07) is 0. The molecule has 0 heterocycles. The molecule has 15 heavy (non-hydrogen) atoms. The smallest absolute Gasteiger partial charge is 0.241 e. The Morgan fingerprint density at radius 1 is 1.53 bits per heavy atom. The first kappa shape index (κ1) is 12.5. The molecule has 0 aromatic heterocycles. The van der Waals surface area contributed by atoms with Crippen LogP contribution >= 0.6 is 0 Å². The summed E-state index contributed by atoms with van der Waals surface area (Å²) in [5.41, 5.74) is 0. The van der Waals surface area contributed by atoms with E-state index in [0.29, 0.717) is 5.92 Å². The van der Waals surface area contributed by atoms with Gasteiger partial charge in [-0.05, 0) is 38.1 Å². The highest BCUT2D eigenvalue weighted by molar-refractivity contribution is 6.70. The van der Waals surface area contributed by atoms with Gasteiger partial charge < -0.3 is 9.53 Å². The predicted molar refractivity (Wildman–Crippen MR) is 66.0 cm³/mol. The lowest BCUT2D eigenvalue weighted by Gasteiger charge is -2.34. The van der Waals surface area contributed by atoms with Crippen LogP contribution in [0.5, 0.6) is 0 Å². The summed E-state index contributed by atoms with van der Waals surface area (Å²) in [4.78, 5) is 0. The Balaban J connectivity index is 2.83. The molecule has 86 valence electrons. The summed E-state index contributed by atoms with van der Waals surface area (Å²) in [5.74, 6) is 1.19. The van der Waals surface area contributed by atoms with Gasteiger partial charge in [0.25, 0.3) is 0 Å². The van der Waals surface area contributed by atoms with E-state index in [-0.39, 0.29) is 12.0 Å². The van der Waals surface area contributed by atoms with Crippen LogP contribution in [-0.4, -0.2) is 19.5 Å². The van der Waals surface area contributed by atoms with Crippen LogP contribution in [0.25, 0.3) is 0 Å². The minimum Gasteiger partial charge on any atom is -0.547 e. The van der Waals surface area contributed by atoms with Crippen LogP contribution < -0.4 is 0 Å². The lowest BCUT2D eigenvalue weighted by atomic mass is 9.83. The van der Waals surface area contributed by atoms with Gasteiger partial charge in [0.05, 0.1) is 17.8 Å². The lowest BCUT2D eigenvalue weighted by Crippen LogP contribution is -2.35. The first-order valence-corrected chi connectivity index (χ1v) is 8.95. The van der Waals surface area contributed by atoms with Crippen LogP contribution in [0, 0.1) is 11.8 Å². The van der Waals surface area contributed by atoms with Gasteiger partial charge in [0.1, 0.15) is 0 Å². The van der Waals surface area contributed by atoms with Gasteiger partial charge in [-0.3, -0.25) is 0 Å². The quantitative estimate of drug-likeness (QED) is 0.592. The Hall–Kier alpha value is -0.543. The van der Waals surface area contributed by atoms with E-state index in [1.807, 2.05) is 0 Å². The molecule has 0 saturated carbocycles. The lowest BCUT2D eigenvalue weighted by molar-refractivity contribution is 0.0659. The van der Waals surface area contributed by atoms with Gasteiger partial charge >= 0.3 is 0 Å². The molecular weight excluding hydrogens is 204 g/mol. The fraction of sp³-hybridized carbons (Fsp3) is 0.667. The minimum absolute atomic E-state index is 0.0273. The molecular formula is C12H22O2Si. The molecule has 1 N–H and O–H groups in total. The van der Waals surface area contributed by atoms with E-state index in [4.69, 9.17) is 4.43 Å². The van der Waals surface area contributed by atoms with Crippen molar-refractivity contribution in [2.45, 2.75) is 39.1 Å². The Bertz CT molecular complexity index is 265. The molecule has 0 aliphatic heterocycles. The maximum atomic E-state index is 10.0. The average Bonchev–Trinajstić information content (AvgIpc) is 2.10. The summed E-state index contributed by atoms with van der Waals surface area (Å²) < 4.78 is 5.97. The highest BCUT2D eigenvalue weighted by Crippen LogP contribution is 2.32. The van der Waals surface area contributed by atoms with Gasteiger partial charge in [-0.1, -0.05) is 13.0 Å². The van der Waals surface area contributed by atoms with E-state index in [2.05, 4.69) is 39.2 Å². The maximum absolute atomic E-state index is 10.0. The zero-order chi connectivity index (χ0) is 11.6. The molecule has 3 heteroatoms. The number of hydrogen-bond acceptors (Lipinski definition) is 2. The van der Waals surface area contributed by atoms with Crippen molar-refractivity contribution in [3.8, 4) is 0 Å². The summed E-state index contributed by atoms with van der Waals surface area (Å²) in [6.45, 7) is 12.3. The predicted octanol–water partition coefficient (Wildman–Crippen LogP) is 2.92.